The Hall–Kier alpha value is -2.92. The summed E-state index contributed by atoms with van der Waals surface area (Å²) in [5, 5.41) is 12.6. The lowest BCUT2D eigenvalue weighted by molar-refractivity contribution is 0.451. The van der Waals surface area contributed by atoms with E-state index in [1.54, 1.807) is 25.0 Å². The van der Waals surface area contributed by atoms with E-state index in [4.69, 9.17) is 4.52 Å². The third kappa shape index (κ3) is 3.83. The molecule has 11 heteroatoms. The molecule has 0 unspecified atom stereocenters. The Labute approximate surface area is 174 Å². The zero-order chi connectivity index (χ0) is 20.4. The first-order chi connectivity index (χ1) is 14.1. The third-order valence-corrected chi connectivity index (χ3v) is 6.34. The first-order valence-electron chi connectivity index (χ1n) is 8.62. The van der Waals surface area contributed by atoms with Crippen molar-refractivity contribution in [2.45, 2.75) is 12.7 Å². The molecule has 0 radical (unpaired) electrons. The molecule has 3 heterocycles. The summed E-state index contributed by atoms with van der Waals surface area (Å²) in [5.41, 5.74) is 2.94. The van der Waals surface area contributed by atoms with Gasteiger partial charge in [-0.15, -0.1) is 11.8 Å². The van der Waals surface area contributed by atoms with Crippen molar-refractivity contribution < 1.29 is 4.52 Å². The van der Waals surface area contributed by atoms with Gasteiger partial charge in [-0.2, -0.15) is 9.36 Å². The molecule has 0 aliphatic rings. The van der Waals surface area contributed by atoms with Crippen LogP contribution in [0.25, 0.3) is 16.8 Å². The molecule has 4 rings (SSSR count). The van der Waals surface area contributed by atoms with E-state index in [2.05, 4.69) is 25.6 Å². The number of thioether (sulfide) groups is 2. The second-order valence-electron chi connectivity index (χ2n) is 6.10. The van der Waals surface area contributed by atoms with Gasteiger partial charge in [0.05, 0.1) is 11.1 Å². The maximum Gasteiger partial charge on any atom is 0.368 e. The van der Waals surface area contributed by atoms with Gasteiger partial charge >= 0.3 is 5.69 Å². The number of rotatable bonds is 4. The largest absolute Gasteiger partial charge is 0.368 e. The number of pyridine rings is 1. The molecule has 0 aliphatic carbocycles. The second-order valence-corrected chi connectivity index (χ2v) is 8.12. The second kappa shape index (κ2) is 8.21. The van der Waals surface area contributed by atoms with Crippen molar-refractivity contribution in [2.24, 2.45) is 12.0 Å². The highest BCUT2D eigenvalue weighted by Crippen LogP contribution is 2.30. The molecule has 29 heavy (non-hydrogen) atoms. The molecule has 0 amide bonds. The lowest BCUT2D eigenvalue weighted by Crippen LogP contribution is -2.23. The Balaban J connectivity index is 1.64. The smallest absolute Gasteiger partial charge is 0.334 e. The van der Waals surface area contributed by atoms with Gasteiger partial charge in [0.15, 0.2) is 0 Å². The number of hydrogen-bond acceptors (Lipinski definition) is 9. The standard InChI is InChI=1S/C18H17N7O2S2/c1-11-6-4-8-14(25-18(26)24(2)22-23-25)13(11)10-29-17(28-3)20-15-12-7-5-9-19-16(12)27-21-15/h4-9H,10H2,1-3H3. The van der Waals surface area contributed by atoms with Crippen molar-refractivity contribution in [3.63, 3.8) is 0 Å². The topological polar surface area (TPSA) is 104 Å². The van der Waals surface area contributed by atoms with Crippen molar-refractivity contribution >= 4 is 44.8 Å². The molecule has 9 nitrogen and oxygen atoms in total. The van der Waals surface area contributed by atoms with Crippen LogP contribution in [0, 0.1) is 6.92 Å². The number of aliphatic imine (C=N–C) groups is 1. The monoisotopic (exact) mass is 427 g/mol. The summed E-state index contributed by atoms with van der Waals surface area (Å²) in [5.74, 6) is 1.11. The van der Waals surface area contributed by atoms with Crippen molar-refractivity contribution in [3.8, 4) is 5.69 Å². The Morgan fingerprint density at radius 1 is 1.24 bits per heavy atom. The first-order valence-corrected chi connectivity index (χ1v) is 10.8. The average molecular weight is 428 g/mol. The van der Waals surface area contributed by atoms with Crippen molar-refractivity contribution in [3.05, 3.63) is 58.1 Å². The normalized spacial score (nSPS) is 12.0. The van der Waals surface area contributed by atoms with Gasteiger partial charge in [0, 0.05) is 19.0 Å². The SMILES string of the molecule is CSC(=Nc1noc2ncccc12)SCc1c(C)cccc1-n1nnn(C)c1=O. The molecule has 0 aliphatic heterocycles. The average Bonchev–Trinajstić information content (AvgIpc) is 3.29. The van der Waals surface area contributed by atoms with Gasteiger partial charge < -0.3 is 4.52 Å². The number of hydrogen-bond donors (Lipinski definition) is 0. The highest BCUT2D eigenvalue weighted by molar-refractivity contribution is 8.38. The van der Waals surface area contributed by atoms with Gasteiger partial charge in [-0.25, -0.2) is 14.8 Å². The quantitative estimate of drug-likeness (QED) is 0.361. The summed E-state index contributed by atoms with van der Waals surface area (Å²) in [7, 11) is 1.58. The minimum atomic E-state index is -0.290. The molecule has 0 fully saturated rings. The predicted molar refractivity (Wildman–Crippen MR) is 115 cm³/mol. The summed E-state index contributed by atoms with van der Waals surface area (Å²) in [6, 6.07) is 9.47. The molecule has 148 valence electrons. The van der Waals surface area contributed by atoms with Crippen LogP contribution in [0.3, 0.4) is 0 Å². The molecule has 3 aromatic heterocycles. The van der Waals surface area contributed by atoms with E-state index >= 15 is 0 Å². The van der Waals surface area contributed by atoms with Gasteiger partial charge in [0.1, 0.15) is 4.38 Å². The maximum atomic E-state index is 12.3. The van der Waals surface area contributed by atoms with Crippen LogP contribution in [-0.2, 0) is 12.8 Å². The molecule has 4 aromatic rings. The van der Waals surface area contributed by atoms with Gasteiger partial charge in [-0.3, -0.25) is 0 Å². The lowest BCUT2D eigenvalue weighted by atomic mass is 10.1. The van der Waals surface area contributed by atoms with E-state index in [9.17, 15) is 4.79 Å². The Bertz CT molecular complexity index is 1260. The van der Waals surface area contributed by atoms with E-state index in [-0.39, 0.29) is 5.69 Å². The van der Waals surface area contributed by atoms with E-state index in [0.29, 0.717) is 23.0 Å². The van der Waals surface area contributed by atoms with Crippen LogP contribution in [0.2, 0.25) is 0 Å². The third-order valence-electron chi connectivity index (χ3n) is 4.28. The number of aryl methyl sites for hydroxylation is 2. The van der Waals surface area contributed by atoms with Crippen LogP contribution >= 0.6 is 23.5 Å². The maximum absolute atomic E-state index is 12.3. The van der Waals surface area contributed by atoms with Crippen LogP contribution < -0.4 is 5.69 Å². The van der Waals surface area contributed by atoms with Crippen LogP contribution in [0.5, 0.6) is 0 Å². The minimum absolute atomic E-state index is 0.290. The van der Waals surface area contributed by atoms with Gasteiger partial charge in [-0.1, -0.05) is 29.1 Å². The number of nitrogens with zero attached hydrogens (tertiary/aromatic N) is 7. The molecule has 0 N–H and O–H groups in total. The molecular formula is C18H17N7O2S2. The van der Waals surface area contributed by atoms with Gasteiger partial charge in [-0.05, 0) is 52.9 Å². The van der Waals surface area contributed by atoms with E-state index in [0.717, 1.165) is 20.9 Å². The highest BCUT2D eigenvalue weighted by Gasteiger charge is 2.15. The van der Waals surface area contributed by atoms with Crippen LogP contribution in [-0.4, -0.2) is 40.6 Å². The molecule has 0 saturated carbocycles. The van der Waals surface area contributed by atoms with Crippen molar-refractivity contribution in [1.82, 2.24) is 29.9 Å². The van der Waals surface area contributed by atoms with Crippen LogP contribution in [0.15, 0.2) is 50.8 Å². The molecule has 0 bridgehead atoms. The summed E-state index contributed by atoms with van der Waals surface area (Å²) in [6.45, 7) is 2.01. The fourth-order valence-corrected chi connectivity index (χ4v) is 4.37. The predicted octanol–water partition coefficient (Wildman–Crippen LogP) is 3.09. The number of aromatic nitrogens is 6. The van der Waals surface area contributed by atoms with Gasteiger partial charge in [0.2, 0.25) is 5.82 Å². The molecule has 1 aromatic carbocycles. The van der Waals surface area contributed by atoms with Gasteiger partial charge in [0.25, 0.3) is 5.71 Å². The zero-order valence-corrected chi connectivity index (χ0v) is 17.6. The summed E-state index contributed by atoms with van der Waals surface area (Å²) >= 11 is 3.08. The van der Waals surface area contributed by atoms with E-state index in [1.165, 1.54) is 21.1 Å². The molecule has 0 atom stereocenters. The van der Waals surface area contributed by atoms with Crippen molar-refractivity contribution in [1.29, 1.82) is 0 Å². The summed E-state index contributed by atoms with van der Waals surface area (Å²) < 4.78 is 8.57. The Morgan fingerprint density at radius 3 is 2.86 bits per heavy atom. The van der Waals surface area contributed by atoms with Crippen molar-refractivity contribution in [2.75, 3.05) is 6.26 Å². The zero-order valence-electron chi connectivity index (χ0n) is 15.9. The number of benzene rings is 1. The minimum Gasteiger partial charge on any atom is -0.334 e. The van der Waals surface area contributed by atoms with E-state index < -0.39 is 0 Å². The highest BCUT2D eigenvalue weighted by atomic mass is 32.2. The summed E-state index contributed by atoms with van der Waals surface area (Å²) in [6.07, 6.45) is 3.61. The van der Waals surface area contributed by atoms with Crippen LogP contribution in [0.4, 0.5) is 5.82 Å². The Kier molecular flexibility index (Phi) is 5.49. The Morgan fingerprint density at radius 2 is 2.10 bits per heavy atom. The van der Waals surface area contributed by atoms with E-state index in [1.807, 2.05) is 43.5 Å². The fourth-order valence-electron chi connectivity index (χ4n) is 2.75. The number of fused-ring (bicyclic) bond motifs is 1. The molecule has 0 spiro atoms. The first kappa shape index (κ1) is 19.4. The lowest BCUT2D eigenvalue weighted by Gasteiger charge is -2.11. The molecular weight excluding hydrogens is 410 g/mol. The fraction of sp³-hybridized carbons (Fsp3) is 0.222. The number of tetrazole rings is 1. The summed E-state index contributed by atoms with van der Waals surface area (Å²) in [4.78, 5) is 21.1. The molecule has 0 saturated heterocycles. The van der Waals surface area contributed by atoms with Crippen LogP contribution in [0.1, 0.15) is 11.1 Å².